The van der Waals surface area contributed by atoms with Crippen molar-refractivity contribution in [1.29, 1.82) is 0 Å². The first-order valence-corrected chi connectivity index (χ1v) is 6.45. The lowest BCUT2D eigenvalue weighted by Gasteiger charge is -2.11. The summed E-state index contributed by atoms with van der Waals surface area (Å²) < 4.78 is 0. The van der Waals surface area contributed by atoms with Crippen LogP contribution in [0.15, 0.2) is 18.2 Å². The summed E-state index contributed by atoms with van der Waals surface area (Å²) in [5, 5.41) is 3.04. The van der Waals surface area contributed by atoms with E-state index in [1.54, 1.807) is 0 Å². The smallest absolute Gasteiger partial charge is 0.224 e. The van der Waals surface area contributed by atoms with Crippen molar-refractivity contribution < 1.29 is 4.79 Å². The molecular formula is C15H21NO. The Hall–Kier alpha value is -1.31. The second-order valence-corrected chi connectivity index (χ2v) is 5.36. The van der Waals surface area contributed by atoms with Gasteiger partial charge in [-0.1, -0.05) is 32.0 Å². The Morgan fingerprint density at radius 3 is 2.71 bits per heavy atom. The minimum atomic E-state index is 0.163. The monoisotopic (exact) mass is 231 g/mol. The third-order valence-corrected chi connectivity index (χ3v) is 3.33. The van der Waals surface area contributed by atoms with Crippen LogP contribution in [-0.4, -0.2) is 11.9 Å². The van der Waals surface area contributed by atoms with E-state index < -0.39 is 0 Å². The highest BCUT2D eigenvalue weighted by molar-refractivity contribution is 5.79. The Bertz CT molecular complexity index is 419. The van der Waals surface area contributed by atoms with Crippen LogP contribution < -0.4 is 5.32 Å². The van der Waals surface area contributed by atoms with Gasteiger partial charge in [-0.25, -0.2) is 0 Å². The number of benzene rings is 1. The summed E-state index contributed by atoms with van der Waals surface area (Å²) in [6, 6.07) is 6.90. The van der Waals surface area contributed by atoms with E-state index in [1.807, 2.05) is 0 Å². The Kier molecular flexibility index (Phi) is 3.51. The average molecular weight is 231 g/mol. The molecule has 1 aromatic carbocycles. The number of hydrogen-bond donors (Lipinski definition) is 1. The normalized spacial score (nSPS) is 15.1. The first-order chi connectivity index (χ1) is 8.06. The predicted molar refractivity (Wildman–Crippen MR) is 70.1 cm³/mol. The zero-order valence-corrected chi connectivity index (χ0v) is 10.9. The summed E-state index contributed by atoms with van der Waals surface area (Å²) in [6.45, 7) is 6.43. The molecule has 1 aromatic rings. The van der Waals surface area contributed by atoms with Crippen LogP contribution in [0.5, 0.6) is 0 Å². The van der Waals surface area contributed by atoms with E-state index in [2.05, 4.69) is 44.3 Å². The summed E-state index contributed by atoms with van der Waals surface area (Å²) in [7, 11) is 0. The van der Waals surface area contributed by atoms with E-state index in [0.29, 0.717) is 18.4 Å². The molecule has 0 spiro atoms. The summed E-state index contributed by atoms with van der Waals surface area (Å²) in [5.74, 6) is 0.678. The number of aryl methyl sites for hydroxylation is 1. The van der Waals surface area contributed by atoms with Gasteiger partial charge in [0.1, 0.15) is 0 Å². The van der Waals surface area contributed by atoms with E-state index >= 15 is 0 Å². The third-order valence-electron chi connectivity index (χ3n) is 3.33. The molecule has 92 valence electrons. The van der Waals surface area contributed by atoms with E-state index in [-0.39, 0.29) is 5.91 Å². The summed E-state index contributed by atoms with van der Waals surface area (Å²) in [5.41, 5.74) is 3.68. The van der Waals surface area contributed by atoms with Crippen molar-refractivity contribution in [2.45, 2.75) is 52.0 Å². The summed E-state index contributed by atoms with van der Waals surface area (Å²) in [4.78, 5) is 11.8. The van der Waals surface area contributed by atoms with Gasteiger partial charge in [0.05, 0.1) is 6.42 Å². The Labute approximate surface area is 103 Å². The van der Waals surface area contributed by atoms with Crippen molar-refractivity contribution in [1.82, 2.24) is 5.32 Å². The van der Waals surface area contributed by atoms with Crippen molar-refractivity contribution in [3.63, 3.8) is 0 Å². The van der Waals surface area contributed by atoms with Crippen LogP contribution >= 0.6 is 0 Å². The van der Waals surface area contributed by atoms with Gasteiger partial charge in [-0.05, 0) is 42.4 Å². The fourth-order valence-corrected chi connectivity index (χ4v) is 1.92. The predicted octanol–water partition coefficient (Wildman–Crippen LogP) is 2.94. The molecule has 0 heterocycles. The fourth-order valence-electron chi connectivity index (χ4n) is 1.92. The molecule has 1 aliphatic carbocycles. The quantitative estimate of drug-likeness (QED) is 0.848. The van der Waals surface area contributed by atoms with Crippen molar-refractivity contribution in [3.05, 3.63) is 34.9 Å². The average Bonchev–Trinajstić information content (AvgIpc) is 3.04. The summed E-state index contributed by atoms with van der Waals surface area (Å²) >= 11 is 0. The minimum Gasteiger partial charge on any atom is -0.353 e. The molecule has 1 aliphatic rings. The molecule has 0 atom stereocenters. The molecule has 2 heteroatoms. The van der Waals surface area contributed by atoms with Crippen LogP contribution in [-0.2, 0) is 11.2 Å². The molecule has 17 heavy (non-hydrogen) atoms. The standard InChI is InChI=1S/C15H21NO/c1-10(2)12-5-4-11(3)13(8-12)9-15(17)16-14-6-7-14/h4-5,8,10,14H,6-7,9H2,1-3H3,(H,16,17). The first-order valence-electron chi connectivity index (χ1n) is 6.45. The molecule has 2 nitrogen and oxygen atoms in total. The maximum atomic E-state index is 11.8. The third kappa shape index (κ3) is 3.32. The highest BCUT2D eigenvalue weighted by Crippen LogP contribution is 2.21. The van der Waals surface area contributed by atoms with Crippen LogP contribution in [0.4, 0.5) is 0 Å². The lowest BCUT2D eigenvalue weighted by atomic mass is 9.96. The number of carbonyl (C=O) groups excluding carboxylic acids is 1. The van der Waals surface area contributed by atoms with Crippen molar-refractivity contribution in [2.24, 2.45) is 0 Å². The second-order valence-electron chi connectivity index (χ2n) is 5.36. The lowest BCUT2D eigenvalue weighted by molar-refractivity contribution is -0.120. The second kappa shape index (κ2) is 4.91. The molecule has 0 unspecified atom stereocenters. The van der Waals surface area contributed by atoms with Gasteiger partial charge in [0, 0.05) is 6.04 Å². The van der Waals surface area contributed by atoms with Gasteiger partial charge in [-0.2, -0.15) is 0 Å². The van der Waals surface area contributed by atoms with Crippen molar-refractivity contribution in [2.75, 3.05) is 0 Å². The van der Waals surface area contributed by atoms with Crippen LogP contribution in [0.2, 0.25) is 0 Å². The molecule has 1 N–H and O–H groups in total. The first kappa shape index (κ1) is 12.2. The Balaban J connectivity index is 2.07. The zero-order chi connectivity index (χ0) is 12.4. The highest BCUT2D eigenvalue weighted by atomic mass is 16.1. The lowest BCUT2D eigenvalue weighted by Crippen LogP contribution is -2.27. The van der Waals surface area contributed by atoms with Gasteiger partial charge in [-0.3, -0.25) is 4.79 Å². The largest absolute Gasteiger partial charge is 0.353 e. The van der Waals surface area contributed by atoms with Crippen molar-refractivity contribution in [3.8, 4) is 0 Å². The molecule has 2 rings (SSSR count). The fraction of sp³-hybridized carbons (Fsp3) is 0.533. The molecule has 1 fully saturated rings. The van der Waals surface area contributed by atoms with E-state index in [4.69, 9.17) is 0 Å². The zero-order valence-electron chi connectivity index (χ0n) is 10.9. The van der Waals surface area contributed by atoms with Crippen molar-refractivity contribution >= 4 is 5.91 Å². The molecule has 0 aliphatic heterocycles. The van der Waals surface area contributed by atoms with Gasteiger partial charge in [0.2, 0.25) is 5.91 Å². The Morgan fingerprint density at radius 2 is 2.12 bits per heavy atom. The number of amides is 1. The van der Waals surface area contributed by atoms with Gasteiger partial charge in [-0.15, -0.1) is 0 Å². The number of hydrogen-bond acceptors (Lipinski definition) is 1. The topological polar surface area (TPSA) is 29.1 Å². The van der Waals surface area contributed by atoms with E-state index in [0.717, 1.165) is 18.4 Å². The maximum absolute atomic E-state index is 11.8. The number of rotatable bonds is 4. The molecule has 0 radical (unpaired) electrons. The minimum absolute atomic E-state index is 0.163. The van der Waals surface area contributed by atoms with Gasteiger partial charge >= 0.3 is 0 Å². The maximum Gasteiger partial charge on any atom is 0.224 e. The molecule has 1 amide bonds. The highest BCUT2D eigenvalue weighted by Gasteiger charge is 2.23. The molecule has 0 saturated heterocycles. The number of nitrogens with one attached hydrogen (secondary N) is 1. The molecule has 1 saturated carbocycles. The molecular weight excluding hydrogens is 210 g/mol. The Morgan fingerprint density at radius 1 is 1.41 bits per heavy atom. The van der Waals surface area contributed by atoms with Crippen LogP contribution in [0.3, 0.4) is 0 Å². The van der Waals surface area contributed by atoms with Crippen LogP contribution in [0.1, 0.15) is 49.3 Å². The van der Waals surface area contributed by atoms with Gasteiger partial charge < -0.3 is 5.32 Å². The van der Waals surface area contributed by atoms with E-state index in [9.17, 15) is 4.79 Å². The van der Waals surface area contributed by atoms with Gasteiger partial charge in [0.15, 0.2) is 0 Å². The van der Waals surface area contributed by atoms with Crippen LogP contribution in [0.25, 0.3) is 0 Å². The summed E-state index contributed by atoms with van der Waals surface area (Å²) in [6.07, 6.45) is 2.82. The van der Waals surface area contributed by atoms with Gasteiger partial charge in [0.25, 0.3) is 0 Å². The van der Waals surface area contributed by atoms with Crippen LogP contribution in [0, 0.1) is 6.92 Å². The number of carbonyl (C=O) groups is 1. The SMILES string of the molecule is Cc1ccc(C(C)C)cc1CC(=O)NC1CC1. The molecule has 0 aromatic heterocycles. The molecule has 0 bridgehead atoms. The van der Waals surface area contributed by atoms with E-state index in [1.165, 1.54) is 11.1 Å².